The van der Waals surface area contributed by atoms with Gasteiger partial charge < -0.3 is 9.31 Å². The molecule has 1 aromatic heterocycles. The minimum Gasteiger partial charge on any atom is -0.398 e. The van der Waals surface area contributed by atoms with E-state index < -0.39 is 7.12 Å². The first-order valence-corrected chi connectivity index (χ1v) is 7.16. The van der Waals surface area contributed by atoms with Crippen molar-refractivity contribution in [1.29, 1.82) is 0 Å². The Balaban J connectivity index is 1.77. The van der Waals surface area contributed by atoms with E-state index in [1.165, 1.54) is 25.7 Å². The van der Waals surface area contributed by atoms with Gasteiger partial charge in [-0.25, -0.2) is 4.68 Å². The van der Waals surface area contributed by atoms with Crippen LogP contribution in [0.25, 0.3) is 0 Å². The lowest BCUT2D eigenvalue weighted by Gasteiger charge is -2.32. The number of aromatic nitrogens is 3. The fraction of sp³-hybridized carbons (Fsp3) is 0.846. The second-order valence-electron chi connectivity index (χ2n) is 6.65. The Morgan fingerprint density at radius 2 is 1.74 bits per heavy atom. The number of hydrogen-bond donors (Lipinski definition) is 0. The van der Waals surface area contributed by atoms with Gasteiger partial charge in [0.1, 0.15) is 5.59 Å². The van der Waals surface area contributed by atoms with Gasteiger partial charge in [0.2, 0.25) is 0 Å². The van der Waals surface area contributed by atoms with Crippen molar-refractivity contribution < 1.29 is 9.31 Å². The predicted octanol–water partition coefficient (Wildman–Crippen LogP) is 1.69. The molecule has 0 N–H and O–H groups in total. The van der Waals surface area contributed by atoms with Crippen molar-refractivity contribution in [3.05, 3.63) is 6.20 Å². The Hall–Kier alpha value is -0.875. The van der Waals surface area contributed by atoms with E-state index in [0.29, 0.717) is 6.04 Å². The second kappa shape index (κ2) is 4.31. The van der Waals surface area contributed by atoms with Gasteiger partial charge in [0, 0.05) is 6.20 Å². The van der Waals surface area contributed by atoms with Gasteiger partial charge in [-0.3, -0.25) is 0 Å². The molecule has 0 aromatic carbocycles. The van der Waals surface area contributed by atoms with Crippen molar-refractivity contribution in [2.75, 3.05) is 0 Å². The monoisotopic (exact) mass is 263 g/mol. The van der Waals surface area contributed by atoms with Crippen LogP contribution >= 0.6 is 0 Å². The molecule has 1 aliphatic heterocycles. The van der Waals surface area contributed by atoms with Crippen molar-refractivity contribution in [3.8, 4) is 0 Å². The second-order valence-corrected chi connectivity index (χ2v) is 6.65. The molecule has 2 heterocycles. The minimum absolute atomic E-state index is 0.325. The Morgan fingerprint density at radius 1 is 1.16 bits per heavy atom. The molecule has 104 valence electrons. The van der Waals surface area contributed by atoms with Gasteiger partial charge >= 0.3 is 7.12 Å². The third-order valence-electron chi connectivity index (χ3n) is 4.72. The van der Waals surface area contributed by atoms with E-state index in [2.05, 4.69) is 10.3 Å². The molecule has 0 spiro atoms. The van der Waals surface area contributed by atoms with E-state index in [-0.39, 0.29) is 11.2 Å². The van der Waals surface area contributed by atoms with E-state index in [1.54, 1.807) is 0 Å². The molecular formula is C13H22BN3O2. The van der Waals surface area contributed by atoms with Gasteiger partial charge in [0.05, 0.1) is 17.2 Å². The van der Waals surface area contributed by atoms with Crippen LogP contribution < -0.4 is 5.59 Å². The molecule has 5 nitrogen and oxygen atoms in total. The first-order valence-electron chi connectivity index (χ1n) is 7.16. The smallest absolute Gasteiger partial charge is 0.398 e. The zero-order chi connectivity index (χ0) is 13.7. The standard InChI is InChI=1S/C13H22BN3O2/c1-12(2)13(3,4)19-14(18-12)11-9-17(16-15-11)10-7-5-6-8-10/h9-10H,5-8H2,1-4H3. The molecular weight excluding hydrogens is 241 g/mol. The molecule has 6 heteroatoms. The summed E-state index contributed by atoms with van der Waals surface area (Å²) in [5.41, 5.74) is 0.134. The summed E-state index contributed by atoms with van der Waals surface area (Å²) in [7, 11) is -0.403. The molecule has 0 unspecified atom stereocenters. The molecule has 2 fully saturated rings. The van der Waals surface area contributed by atoms with E-state index in [0.717, 1.165) is 5.59 Å². The predicted molar refractivity (Wildman–Crippen MR) is 73.2 cm³/mol. The lowest BCUT2D eigenvalue weighted by atomic mass is 9.86. The van der Waals surface area contributed by atoms with Crippen LogP contribution in [0, 0.1) is 0 Å². The van der Waals surface area contributed by atoms with Crippen LogP contribution in [0.1, 0.15) is 59.4 Å². The van der Waals surface area contributed by atoms with Crippen molar-refractivity contribution in [2.24, 2.45) is 0 Å². The highest BCUT2D eigenvalue weighted by Crippen LogP contribution is 2.36. The summed E-state index contributed by atoms with van der Waals surface area (Å²) >= 11 is 0. The van der Waals surface area contributed by atoms with Gasteiger partial charge in [-0.2, -0.15) is 0 Å². The molecule has 3 rings (SSSR count). The van der Waals surface area contributed by atoms with Crippen LogP contribution in [0.3, 0.4) is 0 Å². The molecule has 0 amide bonds. The molecule has 0 radical (unpaired) electrons. The molecule has 2 aliphatic rings. The number of rotatable bonds is 2. The highest BCUT2D eigenvalue weighted by atomic mass is 16.7. The number of hydrogen-bond acceptors (Lipinski definition) is 4. The SMILES string of the molecule is CC1(C)OB(c2cn(C3CCCC3)nn2)OC1(C)C. The third kappa shape index (κ3) is 2.21. The molecule has 0 bridgehead atoms. The van der Waals surface area contributed by atoms with Crippen LogP contribution in [0.2, 0.25) is 0 Å². The van der Waals surface area contributed by atoms with Crippen LogP contribution in [-0.2, 0) is 9.31 Å². The fourth-order valence-electron chi connectivity index (χ4n) is 2.71. The molecule has 1 aliphatic carbocycles. The maximum atomic E-state index is 5.99. The summed E-state index contributed by atoms with van der Waals surface area (Å²) in [6, 6.07) is 0.503. The van der Waals surface area contributed by atoms with Crippen LogP contribution in [-0.4, -0.2) is 33.3 Å². The molecule has 1 aromatic rings. The molecule has 0 atom stereocenters. The Bertz CT molecular complexity index is 450. The van der Waals surface area contributed by atoms with Gasteiger partial charge in [-0.05, 0) is 40.5 Å². The van der Waals surface area contributed by atoms with Crippen LogP contribution in [0.5, 0.6) is 0 Å². The fourth-order valence-corrected chi connectivity index (χ4v) is 2.71. The van der Waals surface area contributed by atoms with Crippen LogP contribution in [0.4, 0.5) is 0 Å². The molecule has 1 saturated heterocycles. The van der Waals surface area contributed by atoms with Gasteiger partial charge in [0.15, 0.2) is 0 Å². The summed E-state index contributed by atoms with van der Waals surface area (Å²) in [6.07, 6.45) is 6.96. The van der Waals surface area contributed by atoms with Gasteiger partial charge in [-0.15, -0.1) is 5.10 Å². The zero-order valence-corrected chi connectivity index (χ0v) is 12.2. The van der Waals surface area contributed by atoms with E-state index in [1.807, 2.05) is 38.6 Å². The first-order chi connectivity index (χ1) is 8.89. The average molecular weight is 263 g/mol. The van der Waals surface area contributed by atoms with E-state index >= 15 is 0 Å². The highest BCUT2D eigenvalue weighted by molar-refractivity contribution is 6.61. The largest absolute Gasteiger partial charge is 0.518 e. The zero-order valence-electron chi connectivity index (χ0n) is 12.2. The quantitative estimate of drug-likeness (QED) is 0.762. The molecule has 19 heavy (non-hydrogen) atoms. The minimum atomic E-state index is -0.403. The molecule has 1 saturated carbocycles. The maximum Gasteiger partial charge on any atom is 0.518 e. The topological polar surface area (TPSA) is 49.2 Å². The normalized spacial score (nSPS) is 26.2. The summed E-state index contributed by atoms with van der Waals surface area (Å²) in [6.45, 7) is 8.20. The first kappa shape index (κ1) is 13.1. The lowest BCUT2D eigenvalue weighted by Crippen LogP contribution is -2.41. The summed E-state index contributed by atoms with van der Waals surface area (Å²) in [5.74, 6) is 0. The van der Waals surface area contributed by atoms with Crippen molar-refractivity contribution in [1.82, 2.24) is 15.0 Å². The van der Waals surface area contributed by atoms with Crippen molar-refractivity contribution in [3.63, 3.8) is 0 Å². The van der Waals surface area contributed by atoms with Crippen molar-refractivity contribution in [2.45, 2.75) is 70.6 Å². The Kier molecular flexibility index (Phi) is 2.98. The van der Waals surface area contributed by atoms with E-state index in [4.69, 9.17) is 9.31 Å². The maximum absolute atomic E-state index is 5.99. The summed E-state index contributed by atoms with van der Waals surface area (Å²) in [5, 5.41) is 8.48. The highest BCUT2D eigenvalue weighted by Gasteiger charge is 2.52. The third-order valence-corrected chi connectivity index (χ3v) is 4.72. The number of nitrogens with zero attached hydrogens (tertiary/aromatic N) is 3. The lowest BCUT2D eigenvalue weighted by molar-refractivity contribution is 0.00578. The van der Waals surface area contributed by atoms with Crippen molar-refractivity contribution >= 4 is 12.7 Å². The Morgan fingerprint density at radius 3 is 2.32 bits per heavy atom. The Labute approximate surface area is 114 Å². The van der Waals surface area contributed by atoms with E-state index in [9.17, 15) is 0 Å². The summed E-state index contributed by atoms with van der Waals surface area (Å²) < 4.78 is 14.0. The summed E-state index contributed by atoms with van der Waals surface area (Å²) in [4.78, 5) is 0. The van der Waals surface area contributed by atoms with Gasteiger partial charge in [-0.1, -0.05) is 18.1 Å². The van der Waals surface area contributed by atoms with Crippen LogP contribution in [0.15, 0.2) is 6.20 Å². The average Bonchev–Trinajstić information content (AvgIpc) is 3.00. The van der Waals surface area contributed by atoms with Gasteiger partial charge in [0.25, 0.3) is 0 Å².